The second-order valence-electron chi connectivity index (χ2n) is 5.05. The lowest BCUT2D eigenvalue weighted by atomic mass is 10.2. The summed E-state index contributed by atoms with van der Waals surface area (Å²) < 4.78 is 5.43. The Kier molecular flexibility index (Phi) is 5.72. The molecule has 120 valence electrons. The summed E-state index contributed by atoms with van der Waals surface area (Å²) in [6.07, 6.45) is 3.46. The largest absolute Gasteiger partial charge is 0.478 e. The van der Waals surface area contributed by atoms with Crippen LogP contribution in [-0.2, 0) is 9.53 Å². The number of nitriles is 1. The van der Waals surface area contributed by atoms with Gasteiger partial charge in [-0.05, 0) is 37.1 Å². The first-order chi connectivity index (χ1) is 11.1. The Labute approximate surface area is 133 Å². The molecule has 3 N–H and O–H groups in total. The fourth-order valence-corrected chi connectivity index (χ4v) is 2.14. The number of nitrogens with one attached hydrogen (secondary N) is 2. The fourth-order valence-electron chi connectivity index (χ4n) is 2.14. The standard InChI is InChI=1S/C16H17N3O4/c17-8-12(9-18-10-14-2-1-7-23-14)15(20)19-13-5-3-11(4-6-13)16(21)22/h3-6,9,14,18H,1-2,7,10H2,(H,19,20)(H,21,22)/b12-9-. The van der Waals surface area contributed by atoms with Gasteiger partial charge in [0.1, 0.15) is 11.6 Å². The second kappa shape index (κ2) is 7.96. The molecule has 0 aliphatic carbocycles. The van der Waals surface area contributed by atoms with Crippen molar-refractivity contribution in [1.29, 1.82) is 5.26 Å². The molecular weight excluding hydrogens is 298 g/mol. The third-order valence-electron chi connectivity index (χ3n) is 3.37. The topological polar surface area (TPSA) is 111 Å². The highest BCUT2D eigenvalue weighted by Gasteiger charge is 2.15. The summed E-state index contributed by atoms with van der Waals surface area (Å²) >= 11 is 0. The summed E-state index contributed by atoms with van der Waals surface area (Å²) in [5.74, 6) is -1.60. The summed E-state index contributed by atoms with van der Waals surface area (Å²) in [4.78, 5) is 22.8. The maximum Gasteiger partial charge on any atom is 0.335 e. The van der Waals surface area contributed by atoms with Crippen molar-refractivity contribution in [3.8, 4) is 6.07 Å². The van der Waals surface area contributed by atoms with Gasteiger partial charge in [-0.3, -0.25) is 4.79 Å². The highest BCUT2D eigenvalue weighted by molar-refractivity contribution is 6.06. The van der Waals surface area contributed by atoms with E-state index in [9.17, 15) is 9.59 Å². The molecule has 1 aromatic rings. The number of carboxylic acid groups (broad SMARTS) is 1. The number of carboxylic acids is 1. The predicted molar refractivity (Wildman–Crippen MR) is 82.7 cm³/mol. The van der Waals surface area contributed by atoms with Crippen LogP contribution >= 0.6 is 0 Å². The van der Waals surface area contributed by atoms with E-state index in [0.717, 1.165) is 19.4 Å². The van der Waals surface area contributed by atoms with Crippen molar-refractivity contribution in [2.75, 3.05) is 18.5 Å². The molecule has 0 saturated carbocycles. The van der Waals surface area contributed by atoms with Gasteiger partial charge in [0.15, 0.2) is 0 Å². The Morgan fingerprint density at radius 1 is 1.39 bits per heavy atom. The molecule has 0 spiro atoms. The number of rotatable bonds is 6. The number of carbonyl (C=O) groups is 2. The third-order valence-corrected chi connectivity index (χ3v) is 3.37. The number of carbonyl (C=O) groups excluding carboxylic acids is 1. The molecule has 1 aliphatic heterocycles. The van der Waals surface area contributed by atoms with Crippen LogP contribution in [0.25, 0.3) is 0 Å². The molecule has 0 radical (unpaired) electrons. The molecule has 1 heterocycles. The number of nitrogens with zero attached hydrogens (tertiary/aromatic N) is 1. The Hall–Kier alpha value is -2.85. The molecular formula is C16H17N3O4. The summed E-state index contributed by atoms with van der Waals surface area (Å²) in [5.41, 5.74) is 0.475. The number of hydrogen-bond acceptors (Lipinski definition) is 5. The minimum atomic E-state index is -1.04. The first kappa shape index (κ1) is 16.5. The number of benzene rings is 1. The molecule has 23 heavy (non-hydrogen) atoms. The van der Waals surface area contributed by atoms with Crippen LogP contribution in [0.15, 0.2) is 36.0 Å². The van der Waals surface area contributed by atoms with Crippen molar-refractivity contribution in [2.24, 2.45) is 0 Å². The Morgan fingerprint density at radius 2 is 2.13 bits per heavy atom. The molecule has 1 unspecified atom stereocenters. The van der Waals surface area contributed by atoms with Crippen molar-refractivity contribution < 1.29 is 19.4 Å². The van der Waals surface area contributed by atoms with Crippen molar-refractivity contribution in [3.63, 3.8) is 0 Å². The summed E-state index contributed by atoms with van der Waals surface area (Å²) in [6, 6.07) is 7.52. The fraction of sp³-hybridized carbons (Fsp3) is 0.312. The van der Waals surface area contributed by atoms with E-state index in [2.05, 4.69) is 10.6 Å². The molecule has 7 nitrogen and oxygen atoms in total. The van der Waals surface area contributed by atoms with Gasteiger partial charge in [0.25, 0.3) is 5.91 Å². The van der Waals surface area contributed by atoms with Crippen LogP contribution in [-0.4, -0.2) is 36.2 Å². The van der Waals surface area contributed by atoms with Gasteiger partial charge in [-0.1, -0.05) is 0 Å². The molecule has 1 aliphatic rings. The number of anilines is 1. The first-order valence-electron chi connectivity index (χ1n) is 7.20. The monoisotopic (exact) mass is 315 g/mol. The Balaban J connectivity index is 1.91. The van der Waals surface area contributed by atoms with Crippen LogP contribution in [0, 0.1) is 11.3 Å². The Morgan fingerprint density at radius 3 is 2.70 bits per heavy atom. The molecule has 2 rings (SSSR count). The van der Waals surface area contributed by atoms with E-state index in [1.165, 1.54) is 30.5 Å². The van der Waals surface area contributed by atoms with Gasteiger partial charge in [0, 0.05) is 25.0 Å². The quantitative estimate of drug-likeness (QED) is 0.542. The smallest absolute Gasteiger partial charge is 0.335 e. The molecule has 0 aromatic heterocycles. The molecule has 1 amide bonds. The maximum atomic E-state index is 12.0. The predicted octanol–water partition coefficient (Wildman–Crippen LogP) is 1.50. The molecule has 7 heteroatoms. The minimum Gasteiger partial charge on any atom is -0.478 e. The first-order valence-corrected chi connectivity index (χ1v) is 7.20. The van der Waals surface area contributed by atoms with Crippen LogP contribution in [0.2, 0.25) is 0 Å². The zero-order chi connectivity index (χ0) is 16.7. The van der Waals surface area contributed by atoms with Gasteiger partial charge in [-0.15, -0.1) is 0 Å². The zero-order valence-electron chi connectivity index (χ0n) is 12.4. The van der Waals surface area contributed by atoms with E-state index in [0.29, 0.717) is 12.2 Å². The van der Waals surface area contributed by atoms with Gasteiger partial charge < -0.3 is 20.5 Å². The highest BCUT2D eigenvalue weighted by atomic mass is 16.5. The molecule has 1 fully saturated rings. The van der Waals surface area contributed by atoms with E-state index < -0.39 is 11.9 Å². The average molecular weight is 315 g/mol. The SMILES string of the molecule is N#C/C(=C/NCC1CCCO1)C(=O)Nc1ccc(C(=O)O)cc1. The average Bonchev–Trinajstić information content (AvgIpc) is 3.05. The normalized spacial score (nSPS) is 17.3. The lowest BCUT2D eigenvalue weighted by molar-refractivity contribution is -0.112. The summed E-state index contributed by atoms with van der Waals surface area (Å²) in [6.45, 7) is 1.29. The summed E-state index contributed by atoms with van der Waals surface area (Å²) in [5, 5.41) is 23.3. The number of ether oxygens (including phenoxy) is 1. The molecule has 1 saturated heterocycles. The molecule has 1 atom stereocenters. The van der Waals surface area contributed by atoms with Crippen LogP contribution in [0.3, 0.4) is 0 Å². The van der Waals surface area contributed by atoms with Gasteiger partial charge in [0.05, 0.1) is 11.7 Å². The van der Waals surface area contributed by atoms with E-state index in [-0.39, 0.29) is 17.2 Å². The van der Waals surface area contributed by atoms with Crippen molar-refractivity contribution in [2.45, 2.75) is 18.9 Å². The molecule has 0 bridgehead atoms. The number of amides is 1. The van der Waals surface area contributed by atoms with E-state index >= 15 is 0 Å². The number of aromatic carboxylic acids is 1. The van der Waals surface area contributed by atoms with Gasteiger partial charge in [0.2, 0.25) is 0 Å². The van der Waals surface area contributed by atoms with Crippen LogP contribution < -0.4 is 10.6 Å². The second-order valence-corrected chi connectivity index (χ2v) is 5.05. The van der Waals surface area contributed by atoms with Gasteiger partial charge >= 0.3 is 5.97 Å². The van der Waals surface area contributed by atoms with E-state index in [4.69, 9.17) is 15.1 Å². The highest BCUT2D eigenvalue weighted by Crippen LogP contribution is 2.12. The molecule has 1 aromatic carbocycles. The van der Waals surface area contributed by atoms with Crippen LogP contribution in [0.5, 0.6) is 0 Å². The van der Waals surface area contributed by atoms with E-state index in [1.54, 1.807) is 0 Å². The maximum absolute atomic E-state index is 12.0. The Bertz CT molecular complexity index is 640. The number of hydrogen-bond donors (Lipinski definition) is 3. The zero-order valence-corrected chi connectivity index (χ0v) is 12.4. The van der Waals surface area contributed by atoms with Gasteiger partial charge in [-0.2, -0.15) is 5.26 Å². The van der Waals surface area contributed by atoms with Crippen molar-refractivity contribution in [1.82, 2.24) is 5.32 Å². The summed E-state index contributed by atoms with van der Waals surface area (Å²) in [7, 11) is 0. The van der Waals surface area contributed by atoms with Crippen LogP contribution in [0.4, 0.5) is 5.69 Å². The van der Waals surface area contributed by atoms with E-state index in [1.807, 2.05) is 6.07 Å². The van der Waals surface area contributed by atoms with Crippen LogP contribution in [0.1, 0.15) is 23.2 Å². The van der Waals surface area contributed by atoms with Crippen molar-refractivity contribution in [3.05, 3.63) is 41.6 Å². The minimum absolute atomic E-state index is 0.0645. The van der Waals surface area contributed by atoms with Crippen molar-refractivity contribution >= 4 is 17.6 Å². The van der Waals surface area contributed by atoms with Gasteiger partial charge in [-0.25, -0.2) is 4.79 Å². The lowest BCUT2D eigenvalue weighted by Gasteiger charge is -2.09. The third kappa shape index (κ3) is 4.83. The lowest BCUT2D eigenvalue weighted by Crippen LogP contribution is -2.24.